The van der Waals surface area contributed by atoms with Gasteiger partial charge in [-0.15, -0.1) is 11.3 Å². The Morgan fingerprint density at radius 1 is 1.58 bits per heavy atom. The average Bonchev–Trinajstić information content (AvgIpc) is 2.81. The number of thiazole rings is 1. The highest BCUT2D eigenvalue weighted by atomic mass is 32.1. The van der Waals surface area contributed by atoms with E-state index in [9.17, 15) is 4.79 Å². The molecule has 0 spiro atoms. The molecule has 1 atom stereocenters. The highest BCUT2D eigenvalue weighted by molar-refractivity contribution is 7.15. The van der Waals surface area contributed by atoms with E-state index in [0.29, 0.717) is 12.6 Å². The summed E-state index contributed by atoms with van der Waals surface area (Å²) in [5, 5.41) is 1.01. The molecule has 1 unspecified atom stereocenters. The second-order valence-electron chi connectivity index (χ2n) is 5.21. The van der Waals surface area contributed by atoms with Gasteiger partial charge in [-0.25, -0.2) is 4.98 Å². The van der Waals surface area contributed by atoms with Gasteiger partial charge in [0.05, 0.1) is 12.3 Å². The van der Waals surface area contributed by atoms with Crippen molar-refractivity contribution in [3.05, 3.63) is 10.6 Å². The van der Waals surface area contributed by atoms with Crippen LogP contribution in [0.4, 0.5) is 5.13 Å². The lowest BCUT2D eigenvalue weighted by Crippen LogP contribution is -2.25. The molecule has 2 rings (SSSR count). The van der Waals surface area contributed by atoms with Crippen LogP contribution in [0.1, 0.15) is 50.1 Å². The largest absolute Gasteiger partial charge is 0.465 e. The van der Waals surface area contributed by atoms with Gasteiger partial charge in [-0.05, 0) is 40.0 Å². The molecule has 19 heavy (non-hydrogen) atoms. The zero-order valence-electron chi connectivity index (χ0n) is 12.1. The first-order valence-corrected chi connectivity index (χ1v) is 7.75. The standard InChI is InChI=1S/C14H22N2O2S/c1-5-18-13(17)10-7-6-8-11-12(10)15-14(19-11)16(4)9(2)3/h9-10H,5-8H2,1-4H3. The molecule has 0 aromatic carbocycles. The van der Waals surface area contributed by atoms with Gasteiger partial charge in [0.15, 0.2) is 5.13 Å². The van der Waals surface area contributed by atoms with Crippen molar-refractivity contribution in [1.29, 1.82) is 0 Å². The first-order chi connectivity index (χ1) is 9.04. The SMILES string of the molecule is CCOC(=O)C1CCCc2sc(N(C)C(C)C)nc21. The van der Waals surface area contributed by atoms with Crippen LogP contribution in [0.5, 0.6) is 0 Å². The van der Waals surface area contributed by atoms with E-state index in [0.717, 1.165) is 30.1 Å². The van der Waals surface area contributed by atoms with Crippen molar-refractivity contribution in [2.45, 2.75) is 52.0 Å². The molecule has 1 aliphatic carbocycles. The molecule has 0 fully saturated rings. The summed E-state index contributed by atoms with van der Waals surface area (Å²) in [6.07, 6.45) is 2.94. The molecule has 0 aliphatic heterocycles. The summed E-state index contributed by atoms with van der Waals surface area (Å²) in [6, 6.07) is 0.411. The monoisotopic (exact) mass is 282 g/mol. The molecule has 1 aromatic rings. The number of rotatable bonds is 4. The summed E-state index contributed by atoms with van der Waals surface area (Å²) >= 11 is 1.72. The minimum atomic E-state index is -0.158. The quantitative estimate of drug-likeness (QED) is 0.796. The molecule has 0 amide bonds. The summed E-state index contributed by atoms with van der Waals surface area (Å²) < 4.78 is 5.17. The molecule has 1 aliphatic rings. The van der Waals surface area contributed by atoms with Gasteiger partial charge in [-0.2, -0.15) is 0 Å². The maximum Gasteiger partial charge on any atom is 0.315 e. The van der Waals surface area contributed by atoms with Crippen LogP contribution in [0.3, 0.4) is 0 Å². The number of carbonyl (C=O) groups is 1. The van der Waals surface area contributed by atoms with Crippen molar-refractivity contribution < 1.29 is 9.53 Å². The molecule has 106 valence electrons. The number of ether oxygens (including phenoxy) is 1. The summed E-state index contributed by atoms with van der Waals surface area (Å²) in [5.74, 6) is -0.276. The van der Waals surface area contributed by atoms with E-state index < -0.39 is 0 Å². The molecule has 0 bridgehead atoms. The molecular formula is C14H22N2O2S. The number of carbonyl (C=O) groups excluding carboxylic acids is 1. The van der Waals surface area contributed by atoms with E-state index in [-0.39, 0.29) is 11.9 Å². The van der Waals surface area contributed by atoms with Gasteiger partial charge >= 0.3 is 5.97 Å². The Labute approximate surface area is 118 Å². The summed E-state index contributed by atoms with van der Waals surface area (Å²) in [6.45, 7) is 6.57. The zero-order valence-corrected chi connectivity index (χ0v) is 12.9. The molecular weight excluding hydrogens is 260 g/mol. The first-order valence-electron chi connectivity index (χ1n) is 6.93. The maximum atomic E-state index is 12.0. The third-order valence-corrected chi connectivity index (χ3v) is 4.81. The lowest BCUT2D eigenvalue weighted by molar-refractivity contribution is -0.145. The van der Waals surface area contributed by atoms with Gasteiger partial charge in [0.1, 0.15) is 5.92 Å². The third-order valence-electron chi connectivity index (χ3n) is 3.59. The summed E-state index contributed by atoms with van der Waals surface area (Å²) in [5.41, 5.74) is 0.956. The van der Waals surface area contributed by atoms with Crippen molar-refractivity contribution in [3.63, 3.8) is 0 Å². The van der Waals surface area contributed by atoms with Crippen LogP contribution < -0.4 is 4.90 Å². The Morgan fingerprint density at radius 2 is 2.32 bits per heavy atom. The van der Waals surface area contributed by atoms with Crippen molar-refractivity contribution in [2.24, 2.45) is 0 Å². The van der Waals surface area contributed by atoms with E-state index in [1.807, 2.05) is 14.0 Å². The van der Waals surface area contributed by atoms with Crippen molar-refractivity contribution in [2.75, 3.05) is 18.6 Å². The fraction of sp³-hybridized carbons (Fsp3) is 0.714. The highest BCUT2D eigenvalue weighted by Crippen LogP contribution is 2.38. The van der Waals surface area contributed by atoms with Gasteiger partial charge in [-0.1, -0.05) is 0 Å². The molecule has 1 heterocycles. The normalized spacial score (nSPS) is 18.3. The van der Waals surface area contributed by atoms with E-state index in [2.05, 4.69) is 18.7 Å². The van der Waals surface area contributed by atoms with Crippen LogP contribution in [0.15, 0.2) is 0 Å². The first kappa shape index (κ1) is 14.3. The lowest BCUT2D eigenvalue weighted by atomic mass is 9.91. The van der Waals surface area contributed by atoms with Gasteiger partial charge < -0.3 is 9.64 Å². The Bertz CT molecular complexity index is 456. The van der Waals surface area contributed by atoms with Crippen LogP contribution in [-0.2, 0) is 16.0 Å². The maximum absolute atomic E-state index is 12.0. The fourth-order valence-corrected chi connectivity index (χ4v) is 3.51. The number of nitrogens with zero attached hydrogens (tertiary/aromatic N) is 2. The minimum absolute atomic E-state index is 0.118. The number of hydrogen-bond acceptors (Lipinski definition) is 5. The molecule has 0 saturated carbocycles. The van der Waals surface area contributed by atoms with Gasteiger partial charge in [-0.3, -0.25) is 4.79 Å². The van der Waals surface area contributed by atoms with Crippen LogP contribution in [-0.4, -0.2) is 30.6 Å². The molecule has 0 radical (unpaired) electrons. The Hall–Kier alpha value is -1.10. The van der Waals surface area contributed by atoms with Crippen molar-refractivity contribution in [1.82, 2.24) is 4.98 Å². The second kappa shape index (κ2) is 5.90. The molecule has 0 saturated heterocycles. The van der Waals surface area contributed by atoms with E-state index in [1.165, 1.54) is 4.88 Å². The van der Waals surface area contributed by atoms with Gasteiger partial charge in [0.25, 0.3) is 0 Å². The molecule has 0 N–H and O–H groups in total. The Morgan fingerprint density at radius 3 is 2.95 bits per heavy atom. The summed E-state index contributed by atoms with van der Waals surface area (Å²) in [7, 11) is 2.05. The van der Waals surface area contributed by atoms with E-state index in [1.54, 1.807) is 11.3 Å². The highest BCUT2D eigenvalue weighted by Gasteiger charge is 2.31. The number of fused-ring (bicyclic) bond motifs is 1. The number of aryl methyl sites for hydroxylation is 1. The lowest BCUT2D eigenvalue weighted by Gasteiger charge is -2.20. The van der Waals surface area contributed by atoms with Crippen LogP contribution >= 0.6 is 11.3 Å². The third kappa shape index (κ3) is 2.91. The smallest absolute Gasteiger partial charge is 0.315 e. The van der Waals surface area contributed by atoms with Crippen LogP contribution in [0, 0.1) is 0 Å². The predicted octanol–water partition coefficient (Wildman–Crippen LogP) is 2.97. The molecule has 5 heteroatoms. The fourth-order valence-electron chi connectivity index (χ4n) is 2.25. The molecule has 1 aromatic heterocycles. The molecule has 4 nitrogen and oxygen atoms in total. The average molecular weight is 282 g/mol. The van der Waals surface area contributed by atoms with Gasteiger partial charge in [0, 0.05) is 18.0 Å². The minimum Gasteiger partial charge on any atom is -0.465 e. The zero-order chi connectivity index (χ0) is 14.0. The van der Waals surface area contributed by atoms with E-state index in [4.69, 9.17) is 9.72 Å². The number of esters is 1. The van der Waals surface area contributed by atoms with Crippen LogP contribution in [0.2, 0.25) is 0 Å². The second-order valence-corrected chi connectivity index (χ2v) is 6.27. The van der Waals surface area contributed by atoms with Crippen molar-refractivity contribution >= 4 is 22.4 Å². The Kier molecular flexibility index (Phi) is 4.45. The number of hydrogen-bond donors (Lipinski definition) is 0. The Balaban J connectivity index is 2.26. The van der Waals surface area contributed by atoms with Gasteiger partial charge in [0.2, 0.25) is 0 Å². The van der Waals surface area contributed by atoms with E-state index >= 15 is 0 Å². The van der Waals surface area contributed by atoms with Crippen molar-refractivity contribution in [3.8, 4) is 0 Å². The predicted molar refractivity (Wildman–Crippen MR) is 78.0 cm³/mol. The van der Waals surface area contributed by atoms with Crippen LogP contribution in [0.25, 0.3) is 0 Å². The number of aromatic nitrogens is 1. The summed E-state index contributed by atoms with van der Waals surface area (Å²) in [4.78, 5) is 20.1. The topological polar surface area (TPSA) is 42.4 Å². The number of anilines is 1.